The van der Waals surface area contributed by atoms with Gasteiger partial charge in [0.25, 0.3) is 0 Å². The molecule has 0 atom stereocenters. The minimum atomic E-state index is -0.534. The highest BCUT2D eigenvalue weighted by Crippen LogP contribution is 2.18. The van der Waals surface area contributed by atoms with Gasteiger partial charge in [-0.25, -0.2) is 4.98 Å². The molecule has 88 valence electrons. The minimum Gasteiger partial charge on any atom is -0.363 e. The number of pyridine rings is 1. The standard InChI is InChI=1S/C11H15FN2O2/c1-11(2)15-6-8(7-16-11)13-10-5-3-4-9(12)14-10/h3-5,8H,6-7H2,1-2H3,(H,13,14). The van der Waals surface area contributed by atoms with Gasteiger partial charge in [-0.2, -0.15) is 4.39 Å². The van der Waals surface area contributed by atoms with E-state index in [1.165, 1.54) is 6.07 Å². The highest BCUT2D eigenvalue weighted by atomic mass is 19.1. The van der Waals surface area contributed by atoms with Crippen LogP contribution in [0.25, 0.3) is 0 Å². The maximum absolute atomic E-state index is 12.8. The second-order valence-corrected chi connectivity index (χ2v) is 4.21. The van der Waals surface area contributed by atoms with Crippen LogP contribution in [0.15, 0.2) is 18.2 Å². The zero-order valence-electron chi connectivity index (χ0n) is 9.37. The van der Waals surface area contributed by atoms with Crippen LogP contribution in [0.3, 0.4) is 0 Å². The van der Waals surface area contributed by atoms with Gasteiger partial charge in [0.1, 0.15) is 5.82 Å². The summed E-state index contributed by atoms with van der Waals surface area (Å²) in [4.78, 5) is 3.71. The number of ether oxygens (including phenoxy) is 2. The zero-order valence-corrected chi connectivity index (χ0v) is 9.37. The number of nitrogens with one attached hydrogen (secondary N) is 1. The number of halogens is 1. The van der Waals surface area contributed by atoms with Gasteiger partial charge in [0.05, 0.1) is 19.3 Å². The zero-order chi connectivity index (χ0) is 11.6. The van der Waals surface area contributed by atoms with Crippen LogP contribution in [0.2, 0.25) is 0 Å². The van der Waals surface area contributed by atoms with Gasteiger partial charge < -0.3 is 14.8 Å². The van der Waals surface area contributed by atoms with Crippen molar-refractivity contribution in [1.29, 1.82) is 0 Å². The topological polar surface area (TPSA) is 43.4 Å². The highest BCUT2D eigenvalue weighted by molar-refractivity contribution is 5.34. The fourth-order valence-electron chi connectivity index (χ4n) is 1.47. The Labute approximate surface area is 93.8 Å². The maximum Gasteiger partial charge on any atom is 0.214 e. The molecule has 5 heteroatoms. The fourth-order valence-corrected chi connectivity index (χ4v) is 1.47. The molecule has 1 aliphatic rings. The largest absolute Gasteiger partial charge is 0.363 e. The number of hydrogen-bond acceptors (Lipinski definition) is 4. The van der Waals surface area contributed by atoms with E-state index in [2.05, 4.69) is 10.3 Å². The summed E-state index contributed by atoms with van der Waals surface area (Å²) < 4.78 is 23.8. The molecule has 4 nitrogen and oxygen atoms in total. The average molecular weight is 226 g/mol. The summed E-state index contributed by atoms with van der Waals surface area (Å²) in [5.41, 5.74) is 0. The summed E-state index contributed by atoms with van der Waals surface area (Å²) in [5, 5.41) is 3.06. The van der Waals surface area contributed by atoms with Crippen LogP contribution in [-0.2, 0) is 9.47 Å². The van der Waals surface area contributed by atoms with Crippen molar-refractivity contribution < 1.29 is 13.9 Å². The highest BCUT2D eigenvalue weighted by Gasteiger charge is 2.28. The van der Waals surface area contributed by atoms with Gasteiger partial charge in [-0.1, -0.05) is 6.07 Å². The smallest absolute Gasteiger partial charge is 0.214 e. The number of aromatic nitrogens is 1. The van der Waals surface area contributed by atoms with Gasteiger partial charge in [0.15, 0.2) is 5.79 Å². The lowest BCUT2D eigenvalue weighted by molar-refractivity contribution is -0.247. The van der Waals surface area contributed by atoms with Gasteiger partial charge in [-0.3, -0.25) is 0 Å². The summed E-state index contributed by atoms with van der Waals surface area (Å²) in [6, 6.07) is 4.63. The predicted octanol–water partition coefficient (Wildman–Crippen LogP) is 1.78. The third-order valence-electron chi connectivity index (χ3n) is 2.33. The lowest BCUT2D eigenvalue weighted by Gasteiger charge is -2.35. The normalized spacial score (nSPS) is 20.7. The van der Waals surface area contributed by atoms with Gasteiger partial charge in [-0.15, -0.1) is 0 Å². The Kier molecular flexibility index (Phi) is 3.07. The van der Waals surface area contributed by atoms with E-state index in [-0.39, 0.29) is 6.04 Å². The van der Waals surface area contributed by atoms with E-state index < -0.39 is 11.7 Å². The molecular weight excluding hydrogens is 211 g/mol. The molecule has 1 aromatic heterocycles. The summed E-state index contributed by atoms with van der Waals surface area (Å²) in [5.74, 6) is -0.534. The Bertz CT molecular complexity index is 361. The van der Waals surface area contributed by atoms with E-state index in [0.717, 1.165) is 0 Å². The van der Waals surface area contributed by atoms with Crippen LogP contribution in [0.5, 0.6) is 0 Å². The molecule has 2 heterocycles. The quantitative estimate of drug-likeness (QED) is 0.781. The lowest BCUT2D eigenvalue weighted by Crippen LogP contribution is -2.45. The molecule has 1 saturated heterocycles. The summed E-state index contributed by atoms with van der Waals surface area (Å²) >= 11 is 0. The molecule has 0 aromatic carbocycles. The van der Waals surface area contributed by atoms with E-state index in [9.17, 15) is 4.39 Å². The van der Waals surface area contributed by atoms with Crippen molar-refractivity contribution in [3.8, 4) is 0 Å². The van der Waals surface area contributed by atoms with Crippen molar-refractivity contribution in [1.82, 2.24) is 4.98 Å². The number of rotatable bonds is 2. The molecule has 0 saturated carbocycles. The first-order valence-electron chi connectivity index (χ1n) is 5.22. The van der Waals surface area contributed by atoms with Crippen LogP contribution < -0.4 is 5.32 Å². The van der Waals surface area contributed by atoms with Crippen LogP contribution in [0.4, 0.5) is 10.2 Å². The molecular formula is C11H15FN2O2. The maximum atomic E-state index is 12.8. The van der Waals surface area contributed by atoms with Gasteiger partial charge in [0.2, 0.25) is 5.95 Å². The molecule has 1 fully saturated rings. The molecule has 16 heavy (non-hydrogen) atoms. The monoisotopic (exact) mass is 226 g/mol. The second kappa shape index (κ2) is 4.35. The van der Waals surface area contributed by atoms with Crippen LogP contribution >= 0.6 is 0 Å². The Morgan fingerprint density at radius 3 is 2.69 bits per heavy atom. The molecule has 1 N–H and O–H groups in total. The molecule has 1 aromatic rings. The summed E-state index contributed by atoms with van der Waals surface area (Å²) in [6.45, 7) is 4.77. The minimum absolute atomic E-state index is 0.00215. The van der Waals surface area contributed by atoms with Gasteiger partial charge in [-0.05, 0) is 26.0 Å². The van der Waals surface area contributed by atoms with Crippen molar-refractivity contribution >= 4 is 5.82 Å². The first-order chi connectivity index (χ1) is 7.55. The number of hydrogen-bond donors (Lipinski definition) is 1. The van der Waals surface area contributed by atoms with E-state index in [0.29, 0.717) is 19.0 Å². The van der Waals surface area contributed by atoms with Crippen LogP contribution in [0.1, 0.15) is 13.8 Å². The third kappa shape index (κ3) is 2.90. The van der Waals surface area contributed by atoms with Gasteiger partial charge >= 0.3 is 0 Å². The first-order valence-corrected chi connectivity index (χ1v) is 5.22. The van der Waals surface area contributed by atoms with Crippen molar-refractivity contribution in [2.24, 2.45) is 0 Å². The van der Waals surface area contributed by atoms with Crippen LogP contribution in [-0.4, -0.2) is 30.0 Å². The van der Waals surface area contributed by atoms with Gasteiger partial charge in [0, 0.05) is 0 Å². The van der Waals surface area contributed by atoms with Crippen molar-refractivity contribution in [3.63, 3.8) is 0 Å². The van der Waals surface area contributed by atoms with E-state index in [1.807, 2.05) is 13.8 Å². The Hall–Kier alpha value is -1.20. The Balaban J connectivity index is 1.92. The molecule has 0 aliphatic carbocycles. The molecule has 1 aliphatic heterocycles. The number of anilines is 1. The molecule has 2 rings (SSSR count). The molecule has 0 spiro atoms. The summed E-state index contributed by atoms with van der Waals surface area (Å²) in [7, 11) is 0. The third-order valence-corrected chi connectivity index (χ3v) is 2.33. The first kappa shape index (κ1) is 11.3. The molecule has 0 amide bonds. The van der Waals surface area contributed by atoms with E-state index in [4.69, 9.17) is 9.47 Å². The van der Waals surface area contributed by atoms with Crippen molar-refractivity contribution in [2.75, 3.05) is 18.5 Å². The molecule has 0 radical (unpaired) electrons. The van der Waals surface area contributed by atoms with E-state index >= 15 is 0 Å². The predicted molar refractivity (Wildman–Crippen MR) is 57.6 cm³/mol. The Morgan fingerprint density at radius 2 is 2.06 bits per heavy atom. The van der Waals surface area contributed by atoms with Crippen LogP contribution in [0, 0.1) is 5.95 Å². The summed E-state index contributed by atoms with van der Waals surface area (Å²) in [6.07, 6.45) is 0. The second-order valence-electron chi connectivity index (χ2n) is 4.21. The lowest BCUT2D eigenvalue weighted by atomic mass is 10.2. The molecule has 0 bridgehead atoms. The van der Waals surface area contributed by atoms with Crippen molar-refractivity contribution in [2.45, 2.75) is 25.7 Å². The van der Waals surface area contributed by atoms with E-state index in [1.54, 1.807) is 12.1 Å². The number of nitrogens with zero attached hydrogens (tertiary/aromatic N) is 1. The average Bonchev–Trinajstić information content (AvgIpc) is 2.21. The Morgan fingerprint density at radius 1 is 1.38 bits per heavy atom. The van der Waals surface area contributed by atoms with Crippen molar-refractivity contribution in [3.05, 3.63) is 24.1 Å². The SMILES string of the molecule is CC1(C)OCC(Nc2cccc(F)n2)CO1. The molecule has 0 unspecified atom stereocenters. The fraction of sp³-hybridized carbons (Fsp3) is 0.545.